The number of rotatable bonds is 16. The van der Waals surface area contributed by atoms with Gasteiger partial charge in [0.1, 0.15) is 18.1 Å². The molecular formula is C18H32N6O8. The summed E-state index contributed by atoms with van der Waals surface area (Å²) < 4.78 is 0. The minimum Gasteiger partial charge on any atom is -0.481 e. The first-order chi connectivity index (χ1) is 14.9. The molecule has 0 aromatic carbocycles. The molecule has 14 heteroatoms. The Hall–Kier alpha value is -3.26. The Morgan fingerprint density at radius 2 is 1.31 bits per heavy atom. The fourth-order valence-electron chi connectivity index (χ4n) is 2.55. The molecule has 0 spiro atoms. The van der Waals surface area contributed by atoms with Gasteiger partial charge in [-0.05, 0) is 39.2 Å². The summed E-state index contributed by atoms with van der Waals surface area (Å²) in [5, 5.41) is 24.9. The maximum absolute atomic E-state index is 12.7. The van der Waals surface area contributed by atoms with E-state index in [1.54, 1.807) is 0 Å². The summed E-state index contributed by atoms with van der Waals surface area (Å²) in [5.41, 5.74) is 15.9. The van der Waals surface area contributed by atoms with Crippen molar-refractivity contribution in [1.29, 1.82) is 0 Å². The number of hydrogen-bond acceptors (Lipinski definition) is 8. The van der Waals surface area contributed by atoms with Crippen LogP contribution in [0.2, 0.25) is 0 Å². The molecule has 0 aromatic heterocycles. The van der Waals surface area contributed by atoms with E-state index in [1.807, 2.05) is 0 Å². The van der Waals surface area contributed by atoms with Gasteiger partial charge in [-0.3, -0.25) is 24.0 Å². The molecule has 0 heterocycles. The largest absolute Gasteiger partial charge is 0.481 e. The van der Waals surface area contributed by atoms with Crippen molar-refractivity contribution < 1.29 is 39.0 Å². The number of carbonyl (C=O) groups is 6. The Balaban J connectivity index is 5.49. The van der Waals surface area contributed by atoms with E-state index in [4.69, 9.17) is 27.4 Å². The fourth-order valence-corrected chi connectivity index (χ4v) is 2.55. The molecule has 4 unspecified atom stereocenters. The van der Waals surface area contributed by atoms with Gasteiger partial charge < -0.3 is 43.4 Å². The van der Waals surface area contributed by atoms with Crippen LogP contribution in [-0.2, 0) is 28.8 Å². The van der Waals surface area contributed by atoms with Crippen molar-refractivity contribution in [3.05, 3.63) is 0 Å². The smallest absolute Gasteiger partial charge is 0.326 e. The number of carbonyl (C=O) groups excluding carboxylic acids is 4. The van der Waals surface area contributed by atoms with E-state index in [9.17, 15) is 28.8 Å². The molecule has 0 aliphatic carbocycles. The van der Waals surface area contributed by atoms with Crippen LogP contribution in [0, 0.1) is 0 Å². The highest BCUT2D eigenvalue weighted by Gasteiger charge is 2.30. The lowest BCUT2D eigenvalue weighted by atomic mass is 10.1. The number of nitrogens with one attached hydrogen (secondary N) is 3. The highest BCUT2D eigenvalue weighted by atomic mass is 16.4. The summed E-state index contributed by atoms with van der Waals surface area (Å²) in [4.78, 5) is 70.4. The Labute approximate surface area is 184 Å². The van der Waals surface area contributed by atoms with E-state index >= 15 is 0 Å². The van der Waals surface area contributed by atoms with Gasteiger partial charge in [-0.1, -0.05) is 0 Å². The number of primary amides is 1. The van der Waals surface area contributed by atoms with Crippen LogP contribution in [0.15, 0.2) is 0 Å². The number of carboxylic acid groups (broad SMARTS) is 2. The van der Waals surface area contributed by atoms with Crippen molar-refractivity contribution in [3.63, 3.8) is 0 Å². The number of unbranched alkanes of at least 4 members (excludes halogenated alkanes) is 1. The maximum atomic E-state index is 12.7. The zero-order valence-corrected chi connectivity index (χ0v) is 17.8. The van der Waals surface area contributed by atoms with E-state index in [0.29, 0.717) is 19.4 Å². The van der Waals surface area contributed by atoms with E-state index in [2.05, 4.69) is 16.0 Å². The van der Waals surface area contributed by atoms with Crippen molar-refractivity contribution in [3.8, 4) is 0 Å². The first kappa shape index (κ1) is 28.7. The summed E-state index contributed by atoms with van der Waals surface area (Å²) in [6, 6.07) is -5.10. The molecule has 0 aliphatic heterocycles. The first-order valence-electron chi connectivity index (χ1n) is 9.98. The first-order valence-corrected chi connectivity index (χ1v) is 9.98. The van der Waals surface area contributed by atoms with Gasteiger partial charge >= 0.3 is 11.9 Å². The van der Waals surface area contributed by atoms with Gasteiger partial charge in [0.15, 0.2) is 0 Å². The Morgan fingerprint density at radius 1 is 0.812 bits per heavy atom. The number of carboxylic acids is 2. The van der Waals surface area contributed by atoms with Crippen LogP contribution in [0.4, 0.5) is 0 Å². The average Bonchev–Trinajstić information content (AvgIpc) is 2.68. The van der Waals surface area contributed by atoms with E-state index in [0.717, 1.165) is 0 Å². The van der Waals surface area contributed by atoms with Gasteiger partial charge in [-0.25, -0.2) is 4.79 Å². The van der Waals surface area contributed by atoms with Gasteiger partial charge in [0.25, 0.3) is 0 Å². The predicted octanol–water partition coefficient (Wildman–Crippen LogP) is -3.26. The van der Waals surface area contributed by atoms with Gasteiger partial charge in [-0.15, -0.1) is 0 Å². The second-order valence-corrected chi connectivity index (χ2v) is 7.20. The van der Waals surface area contributed by atoms with Crippen molar-refractivity contribution >= 4 is 35.6 Å². The molecular weight excluding hydrogens is 428 g/mol. The van der Waals surface area contributed by atoms with Gasteiger partial charge in [0.2, 0.25) is 23.6 Å². The zero-order chi connectivity index (χ0) is 24.8. The molecule has 32 heavy (non-hydrogen) atoms. The Bertz CT molecular complexity index is 699. The van der Waals surface area contributed by atoms with Crippen LogP contribution >= 0.6 is 0 Å². The van der Waals surface area contributed by atoms with E-state index < -0.39 is 72.6 Å². The highest BCUT2D eigenvalue weighted by molar-refractivity contribution is 5.95. The molecule has 0 bridgehead atoms. The molecule has 4 amide bonds. The third-order valence-electron chi connectivity index (χ3n) is 4.29. The standard InChI is InChI=1S/C18H32N6O8/c1-9(20)15(28)22-10(4-2-3-7-19)16(29)23-11(5-6-14(26)27)17(30)24-12(18(31)32)8-13(21)25/h9-12H,2-8,19-20H2,1H3,(H2,21,25)(H,22,28)(H,23,29)(H,24,30)(H,26,27)(H,31,32). The van der Waals surface area contributed by atoms with Crippen molar-refractivity contribution in [2.24, 2.45) is 17.2 Å². The SMILES string of the molecule is CC(N)C(=O)NC(CCCCN)C(=O)NC(CCC(=O)O)C(=O)NC(CC(N)=O)C(=O)O. The van der Waals surface area contributed by atoms with Crippen LogP contribution in [0.3, 0.4) is 0 Å². The van der Waals surface area contributed by atoms with Crippen LogP contribution in [-0.4, -0.2) is 76.5 Å². The molecule has 14 nitrogen and oxygen atoms in total. The number of hydrogen-bond donors (Lipinski definition) is 8. The quantitative estimate of drug-likeness (QED) is 0.107. The van der Waals surface area contributed by atoms with E-state index in [-0.39, 0.29) is 12.8 Å². The highest BCUT2D eigenvalue weighted by Crippen LogP contribution is 2.06. The minimum absolute atomic E-state index is 0.175. The monoisotopic (exact) mass is 460 g/mol. The third-order valence-corrected chi connectivity index (χ3v) is 4.29. The lowest BCUT2D eigenvalue weighted by Gasteiger charge is -2.24. The molecule has 182 valence electrons. The summed E-state index contributed by atoms with van der Waals surface area (Å²) >= 11 is 0. The minimum atomic E-state index is -1.66. The third kappa shape index (κ3) is 11.8. The molecule has 0 fully saturated rings. The van der Waals surface area contributed by atoms with Crippen LogP contribution in [0.5, 0.6) is 0 Å². The second kappa shape index (κ2) is 14.7. The summed E-state index contributed by atoms with van der Waals surface area (Å²) in [6.45, 7) is 1.77. The summed E-state index contributed by atoms with van der Waals surface area (Å²) in [6.07, 6.45) is -0.378. The normalized spacial score (nSPS) is 14.3. The number of aliphatic carboxylic acids is 2. The Kier molecular flexibility index (Phi) is 13.2. The number of nitrogens with two attached hydrogens (primary N) is 3. The van der Waals surface area contributed by atoms with Crippen LogP contribution < -0.4 is 33.2 Å². The Morgan fingerprint density at radius 3 is 1.75 bits per heavy atom. The van der Waals surface area contributed by atoms with Crippen LogP contribution in [0.25, 0.3) is 0 Å². The molecule has 0 aliphatic rings. The predicted molar refractivity (Wildman–Crippen MR) is 111 cm³/mol. The molecule has 0 saturated heterocycles. The van der Waals surface area contributed by atoms with Crippen LogP contribution in [0.1, 0.15) is 45.4 Å². The van der Waals surface area contributed by atoms with Crippen molar-refractivity contribution in [2.75, 3.05) is 6.54 Å². The average molecular weight is 460 g/mol. The van der Waals surface area contributed by atoms with E-state index in [1.165, 1.54) is 6.92 Å². The summed E-state index contributed by atoms with van der Waals surface area (Å²) in [7, 11) is 0. The maximum Gasteiger partial charge on any atom is 0.326 e. The molecule has 0 aromatic rings. The summed E-state index contributed by atoms with van der Waals surface area (Å²) in [5.74, 6) is -6.20. The zero-order valence-electron chi connectivity index (χ0n) is 17.8. The van der Waals surface area contributed by atoms with Gasteiger partial charge in [-0.2, -0.15) is 0 Å². The lowest BCUT2D eigenvalue weighted by Crippen LogP contribution is -2.57. The molecule has 0 rings (SSSR count). The van der Waals surface area contributed by atoms with Gasteiger partial charge in [0, 0.05) is 6.42 Å². The van der Waals surface area contributed by atoms with Gasteiger partial charge in [0.05, 0.1) is 12.5 Å². The van der Waals surface area contributed by atoms with Crippen molar-refractivity contribution in [2.45, 2.75) is 69.6 Å². The molecule has 0 radical (unpaired) electrons. The number of amides is 4. The topological polar surface area (TPSA) is 257 Å². The molecule has 4 atom stereocenters. The second-order valence-electron chi connectivity index (χ2n) is 7.20. The molecule has 0 saturated carbocycles. The van der Waals surface area contributed by atoms with Crippen molar-refractivity contribution in [1.82, 2.24) is 16.0 Å². The fraction of sp³-hybridized carbons (Fsp3) is 0.667. The lowest BCUT2D eigenvalue weighted by molar-refractivity contribution is -0.144. The molecule has 11 N–H and O–H groups in total.